The van der Waals surface area contributed by atoms with E-state index in [1.807, 2.05) is 12.6 Å². The summed E-state index contributed by atoms with van der Waals surface area (Å²) in [6.07, 6.45) is 2.96. The minimum Gasteiger partial charge on any atom is -0.483 e. The average molecular weight is 98.1 g/mol. The maximum atomic E-state index is 4.83. The fourth-order valence-electron chi connectivity index (χ4n) is 0.527. The van der Waals surface area contributed by atoms with Gasteiger partial charge in [0.25, 0.3) is 0 Å². The fourth-order valence-corrected chi connectivity index (χ4v) is 0.527. The van der Waals surface area contributed by atoms with E-state index in [1.54, 1.807) is 7.11 Å². The molecule has 0 unspecified atom stereocenters. The topological polar surface area (TPSA) is 21.3 Å². The van der Waals surface area contributed by atoms with Crippen LogP contribution in [0.2, 0.25) is 0 Å². The van der Waals surface area contributed by atoms with E-state index in [0.717, 1.165) is 12.3 Å². The molecular formula is C5H8NO. The molecule has 0 aromatic heterocycles. The van der Waals surface area contributed by atoms with Crippen molar-refractivity contribution in [3.05, 3.63) is 18.5 Å². The number of hydrogen-bond acceptors (Lipinski definition) is 2. The molecule has 1 aliphatic heterocycles. The normalized spacial score (nSPS) is 18.1. The summed E-state index contributed by atoms with van der Waals surface area (Å²) in [6, 6.07) is 0. The van der Waals surface area contributed by atoms with Crippen LogP contribution in [0.15, 0.2) is 12.0 Å². The van der Waals surface area contributed by atoms with E-state index in [9.17, 15) is 0 Å². The Morgan fingerprint density at radius 2 is 2.71 bits per heavy atom. The first-order chi connectivity index (χ1) is 3.43. The van der Waals surface area contributed by atoms with Gasteiger partial charge in [0.1, 0.15) is 0 Å². The minimum atomic E-state index is 0.861. The minimum absolute atomic E-state index is 0.861. The van der Waals surface area contributed by atoms with E-state index in [2.05, 4.69) is 5.32 Å². The number of hydrogen-bond donors (Lipinski definition) is 1. The summed E-state index contributed by atoms with van der Waals surface area (Å²) in [4.78, 5) is 0. The molecule has 1 N–H and O–H groups in total. The van der Waals surface area contributed by atoms with E-state index in [1.165, 1.54) is 0 Å². The molecule has 2 nitrogen and oxygen atoms in total. The molecule has 0 bridgehead atoms. The van der Waals surface area contributed by atoms with Gasteiger partial charge in [-0.15, -0.1) is 0 Å². The average Bonchev–Trinajstić information content (AvgIpc) is 2.14. The largest absolute Gasteiger partial charge is 0.483 e. The molecule has 1 heterocycles. The van der Waals surface area contributed by atoms with Crippen molar-refractivity contribution in [2.24, 2.45) is 0 Å². The van der Waals surface area contributed by atoms with Crippen molar-refractivity contribution in [1.29, 1.82) is 0 Å². The summed E-state index contributed by atoms with van der Waals surface area (Å²) in [5, 5.41) is 2.92. The molecular weight excluding hydrogens is 90.1 g/mol. The van der Waals surface area contributed by atoms with Crippen LogP contribution in [0.5, 0.6) is 0 Å². The summed E-state index contributed by atoms with van der Waals surface area (Å²) < 4.78 is 4.83. The molecule has 1 aliphatic rings. The zero-order valence-electron chi connectivity index (χ0n) is 4.27. The SMILES string of the molecule is COC1=CC[CH]N1. The van der Waals surface area contributed by atoms with E-state index in [4.69, 9.17) is 4.74 Å². The Labute approximate surface area is 43.2 Å². The quantitative estimate of drug-likeness (QED) is 0.519. The van der Waals surface area contributed by atoms with Gasteiger partial charge in [0, 0.05) is 0 Å². The van der Waals surface area contributed by atoms with Crippen molar-refractivity contribution in [3.63, 3.8) is 0 Å². The summed E-state index contributed by atoms with van der Waals surface area (Å²) in [7, 11) is 1.65. The second kappa shape index (κ2) is 1.87. The molecule has 0 fully saturated rings. The summed E-state index contributed by atoms with van der Waals surface area (Å²) >= 11 is 0. The van der Waals surface area contributed by atoms with Crippen LogP contribution in [0.25, 0.3) is 0 Å². The molecule has 7 heavy (non-hydrogen) atoms. The van der Waals surface area contributed by atoms with Crippen LogP contribution in [0.1, 0.15) is 6.42 Å². The Morgan fingerprint density at radius 1 is 1.86 bits per heavy atom. The van der Waals surface area contributed by atoms with Gasteiger partial charge in [-0.3, -0.25) is 0 Å². The third kappa shape index (κ3) is 0.856. The first-order valence-electron chi connectivity index (χ1n) is 2.26. The van der Waals surface area contributed by atoms with Crippen LogP contribution in [0, 0.1) is 6.54 Å². The second-order valence-electron chi connectivity index (χ2n) is 1.36. The molecule has 1 rings (SSSR count). The zero-order chi connectivity index (χ0) is 5.11. The number of ether oxygens (including phenoxy) is 1. The summed E-state index contributed by atoms with van der Waals surface area (Å²) in [5.41, 5.74) is 0. The Bertz CT molecular complexity index is 88.1. The highest BCUT2D eigenvalue weighted by Gasteiger charge is 1.99. The molecule has 1 radical (unpaired) electrons. The predicted molar refractivity (Wildman–Crippen MR) is 27.1 cm³/mol. The van der Waals surface area contributed by atoms with Crippen LogP contribution >= 0.6 is 0 Å². The lowest BCUT2D eigenvalue weighted by atomic mass is 10.5. The van der Waals surface area contributed by atoms with Crippen molar-refractivity contribution < 1.29 is 4.74 Å². The monoisotopic (exact) mass is 98.1 g/mol. The van der Waals surface area contributed by atoms with Crippen molar-refractivity contribution >= 4 is 0 Å². The van der Waals surface area contributed by atoms with Gasteiger partial charge in [0.15, 0.2) is 5.88 Å². The highest BCUT2D eigenvalue weighted by molar-refractivity contribution is 5.02. The third-order valence-electron chi connectivity index (χ3n) is 0.885. The lowest BCUT2D eigenvalue weighted by molar-refractivity contribution is 0.273. The molecule has 2 heteroatoms. The predicted octanol–water partition coefficient (Wildman–Crippen LogP) is 0.629. The highest BCUT2D eigenvalue weighted by atomic mass is 16.5. The molecule has 39 valence electrons. The number of nitrogens with one attached hydrogen (secondary N) is 1. The first kappa shape index (κ1) is 4.50. The van der Waals surface area contributed by atoms with Crippen molar-refractivity contribution in [1.82, 2.24) is 5.32 Å². The Hall–Kier alpha value is -0.660. The van der Waals surface area contributed by atoms with E-state index in [0.29, 0.717) is 0 Å². The van der Waals surface area contributed by atoms with Crippen LogP contribution in [0.4, 0.5) is 0 Å². The molecule has 0 spiro atoms. The second-order valence-corrected chi connectivity index (χ2v) is 1.36. The van der Waals surface area contributed by atoms with Gasteiger partial charge in [-0.05, 0) is 12.5 Å². The number of methoxy groups -OCH3 is 1. The van der Waals surface area contributed by atoms with Crippen LogP contribution in [-0.2, 0) is 4.74 Å². The summed E-state index contributed by atoms with van der Waals surface area (Å²) in [6.45, 7) is 1.94. The number of rotatable bonds is 1. The van der Waals surface area contributed by atoms with Gasteiger partial charge in [-0.1, -0.05) is 0 Å². The van der Waals surface area contributed by atoms with Gasteiger partial charge in [0.05, 0.1) is 13.7 Å². The maximum Gasteiger partial charge on any atom is 0.182 e. The van der Waals surface area contributed by atoms with Gasteiger partial charge in [0.2, 0.25) is 0 Å². The third-order valence-corrected chi connectivity index (χ3v) is 0.885. The van der Waals surface area contributed by atoms with Gasteiger partial charge in [-0.2, -0.15) is 0 Å². The molecule has 0 amide bonds. The van der Waals surface area contributed by atoms with Crippen LogP contribution in [-0.4, -0.2) is 7.11 Å². The first-order valence-corrected chi connectivity index (χ1v) is 2.26. The Morgan fingerprint density at radius 3 is 3.00 bits per heavy atom. The zero-order valence-corrected chi connectivity index (χ0v) is 4.27. The van der Waals surface area contributed by atoms with Gasteiger partial charge >= 0.3 is 0 Å². The van der Waals surface area contributed by atoms with Crippen molar-refractivity contribution in [2.75, 3.05) is 7.11 Å². The Balaban J connectivity index is 2.36. The molecule has 0 atom stereocenters. The van der Waals surface area contributed by atoms with Gasteiger partial charge in [-0.25, -0.2) is 0 Å². The molecule has 0 aliphatic carbocycles. The lowest BCUT2D eigenvalue weighted by Gasteiger charge is -1.97. The fraction of sp³-hybridized carbons (Fsp3) is 0.400. The van der Waals surface area contributed by atoms with E-state index in [-0.39, 0.29) is 0 Å². The maximum absolute atomic E-state index is 4.83. The van der Waals surface area contributed by atoms with Crippen LogP contribution < -0.4 is 5.32 Å². The van der Waals surface area contributed by atoms with Crippen LogP contribution in [0.3, 0.4) is 0 Å². The standard InChI is InChI=1S/C5H8NO/c1-7-5-3-2-4-6-5/h3-4,6H,2H2,1H3. The highest BCUT2D eigenvalue weighted by Crippen LogP contribution is 2.02. The lowest BCUT2D eigenvalue weighted by Crippen LogP contribution is -2.03. The van der Waals surface area contributed by atoms with E-state index >= 15 is 0 Å². The Kier molecular flexibility index (Phi) is 1.20. The van der Waals surface area contributed by atoms with Gasteiger partial charge < -0.3 is 10.1 Å². The molecule has 0 aromatic carbocycles. The summed E-state index contributed by atoms with van der Waals surface area (Å²) in [5.74, 6) is 0.861. The molecule has 0 saturated carbocycles. The molecule has 0 saturated heterocycles. The smallest absolute Gasteiger partial charge is 0.182 e. The molecule has 0 aromatic rings. The van der Waals surface area contributed by atoms with E-state index < -0.39 is 0 Å². The van der Waals surface area contributed by atoms with Crippen molar-refractivity contribution in [3.8, 4) is 0 Å². The van der Waals surface area contributed by atoms with Crippen molar-refractivity contribution in [2.45, 2.75) is 6.42 Å².